The molecule has 0 bridgehead atoms. The van der Waals surface area contributed by atoms with Crippen LogP contribution in [0, 0.1) is 0 Å². The zero-order valence-corrected chi connectivity index (χ0v) is 12.9. The Labute approximate surface area is 124 Å². The lowest BCUT2D eigenvalue weighted by Gasteiger charge is -2.35. The van der Waals surface area contributed by atoms with Gasteiger partial charge in [-0.1, -0.05) is 56.3 Å². The monoisotopic (exact) mass is 272 g/mol. The lowest BCUT2D eigenvalue weighted by atomic mass is 9.81. The zero-order valence-electron chi connectivity index (χ0n) is 12.9. The molecule has 2 heteroatoms. The summed E-state index contributed by atoms with van der Waals surface area (Å²) in [6, 6.07) is 10.7. The predicted molar refractivity (Wildman–Crippen MR) is 89.2 cm³/mol. The van der Waals surface area contributed by atoms with Gasteiger partial charge in [-0.05, 0) is 12.1 Å². The van der Waals surface area contributed by atoms with Gasteiger partial charge < -0.3 is 5.32 Å². The molecular weight excluding hydrogens is 244 g/mol. The van der Waals surface area contributed by atoms with Crippen molar-refractivity contribution in [2.75, 3.05) is 32.7 Å². The first kappa shape index (κ1) is 16.7. The van der Waals surface area contributed by atoms with E-state index in [1.54, 1.807) is 0 Å². The molecule has 0 aliphatic rings. The summed E-state index contributed by atoms with van der Waals surface area (Å²) in [5.74, 6) is 0. The number of nitrogens with one attached hydrogen (secondary N) is 1. The zero-order chi connectivity index (χ0) is 14.8. The fraction of sp³-hybridized carbons (Fsp3) is 0.444. The van der Waals surface area contributed by atoms with Crippen molar-refractivity contribution in [3.05, 3.63) is 61.2 Å². The Bertz CT molecular complexity index is 389. The van der Waals surface area contributed by atoms with Crippen LogP contribution in [0.1, 0.15) is 19.4 Å². The number of hydrogen-bond acceptors (Lipinski definition) is 2. The topological polar surface area (TPSA) is 15.3 Å². The quantitative estimate of drug-likeness (QED) is 0.658. The second-order valence-corrected chi connectivity index (χ2v) is 5.48. The highest BCUT2D eigenvalue weighted by atomic mass is 15.1. The van der Waals surface area contributed by atoms with Crippen molar-refractivity contribution in [1.29, 1.82) is 0 Å². The summed E-state index contributed by atoms with van der Waals surface area (Å²) in [5.41, 5.74) is 1.46. The molecule has 1 N–H and O–H groups in total. The van der Waals surface area contributed by atoms with Gasteiger partial charge >= 0.3 is 0 Å². The Kier molecular flexibility index (Phi) is 7.27. The molecule has 0 radical (unpaired) electrons. The molecule has 0 saturated heterocycles. The summed E-state index contributed by atoms with van der Waals surface area (Å²) in [5, 5.41) is 3.50. The summed E-state index contributed by atoms with van der Waals surface area (Å²) in [7, 11) is 0. The second kappa shape index (κ2) is 8.72. The molecule has 0 saturated carbocycles. The van der Waals surface area contributed by atoms with Gasteiger partial charge in [-0.3, -0.25) is 4.90 Å². The van der Waals surface area contributed by atoms with E-state index in [4.69, 9.17) is 0 Å². The van der Waals surface area contributed by atoms with Crippen LogP contribution in [-0.4, -0.2) is 37.6 Å². The van der Waals surface area contributed by atoms with Crippen molar-refractivity contribution in [3.63, 3.8) is 0 Å². The van der Waals surface area contributed by atoms with Gasteiger partial charge in [0.25, 0.3) is 0 Å². The maximum absolute atomic E-state index is 3.86. The third-order valence-electron chi connectivity index (χ3n) is 3.58. The van der Waals surface area contributed by atoms with Crippen LogP contribution in [0.5, 0.6) is 0 Å². The number of hydrogen-bond donors (Lipinski definition) is 1. The summed E-state index contributed by atoms with van der Waals surface area (Å²) >= 11 is 0. The molecule has 0 fully saturated rings. The van der Waals surface area contributed by atoms with E-state index in [0.29, 0.717) is 0 Å². The van der Waals surface area contributed by atoms with Gasteiger partial charge in [0.2, 0.25) is 0 Å². The van der Waals surface area contributed by atoms with Crippen LogP contribution in [0.2, 0.25) is 0 Å². The van der Waals surface area contributed by atoms with Crippen molar-refractivity contribution >= 4 is 0 Å². The van der Waals surface area contributed by atoms with Crippen LogP contribution in [0.3, 0.4) is 0 Å². The lowest BCUT2D eigenvalue weighted by Crippen LogP contribution is -2.45. The summed E-state index contributed by atoms with van der Waals surface area (Å²) < 4.78 is 0. The largest absolute Gasteiger partial charge is 0.316 e. The van der Waals surface area contributed by atoms with Gasteiger partial charge in [0, 0.05) is 31.6 Å². The highest BCUT2D eigenvalue weighted by molar-refractivity contribution is 5.25. The molecule has 1 unspecified atom stereocenters. The number of rotatable bonds is 10. The second-order valence-electron chi connectivity index (χ2n) is 5.48. The minimum atomic E-state index is 0.0866. The Morgan fingerprint density at radius 2 is 1.75 bits per heavy atom. The molecule has 0 heterocycles. The Balaban J connectivity index is 2.91. The normalized spacial score (nSPS) is 13.9. The fourth-order valence-electron chi connectivity index (χ4n) is 2.55. The molecule has 0 aromatic heterocycles. The van der Waals surface area contributed by atoms with Gasteiger partial charge in [-0.25, -0.2) is 0 Å². The average Bonchev–Trinajstić information content (AvgIpc) is 2.47. The highest BCUT2D eigenvalue weighted by Crippen LogP contribution is 2.24. The van der Waals surface area contributed by atoms with Crippen LogP contribution in [0.25, 0.3) is 0 Å². The first-order valence-electron chi connectivity index (χ1n) is 7.36. The third kappa shape index (κ3) is 4.95. The summed E-state index contributed by atoms with van der Waals surface area (Å²) in [6.07, 6.45) is 3.92. The number of nitrogens with zero attached hydrogens (tertiary/aromatic N) is 1. The molecule has 0 spiro atoms. The first-order valence-corrected chi connectivity index (χ1v) is 7.36. The lowest BCUT2D eigenvalue weighted by molar-refractivity contribution is 0.249. The minimum Gasteiger partial charge on any atom is -0.316 e. The van der Waals surface area contributed by atoms with Crippen molar-refractivity contribution in [2.45, 2.75) is 19.3 Å². The molecule has 1 atom stereocenters. The molecule has 110 valence electrons. The number of likely N-dealkylation sites (N-methyl/N-ethyl adjacent to an activating group) is 1. The summed E-state index contributed by atoms with van der Waals surface area (Å²) in [6.45, 7) is 16.9. The molecule has 0 aliphatic heterocycles. The van der Waals surface area contributed by atoms with E-state index in [-0.39, 0.29) is 5.41 Å². The predicted octanol–water partition coefficient (Wildman–Crippen LogP) is 3.23. The van der Waals surface area contributed by atoms with E-state index in [0.717, 1.165) is 32.7 Å². The Morgan fingerprint density at radius 1 is 1.15 bits per heavy atom. The van der Waals surface area contributed by atoms with E-state index in [1.165, 1.54) is 5.56 Å². The van der Waals surface area contributed by atoms with Crippen LogP contribution >= 0.6 is 0 Å². The Morgan fingerprint density at radius 3 is 2.25 bits per heavy atom. The van der Waals surface area contributed by atoms with E-state index in [2.05, 4.69) is 67.6 Å². The average molecular weight is 272 g/mol. The van der Waals surface area contributed by atoms with Crippen molar-refractivity contribution < 1.29 is 0 Å². The van der Waals surface area contributed by atoms with E-state index in [9.17, 15) is 0 Å². The van der Waals surface area contributed by atoms with Crippen LogP contribution < -0.4 is 5.32 Å². The van der Waals surface area contributed by atoms with E-state index >= 15 is 0 Å². The molecule has 2 nitrogen and oxygen atoms in total. The molecule has 1 aromatic carbocycles. The van der Waals surface area contributed by atoms with Gasteiger partial charge in [0.1, 0.15) is 0 Å². The fourth-order valence-corrected chi connectivity index (χ4v) is 2.55. The van der Waals surface area contributed by atoms with Gasteiger partial charge in [-0.2, -0.15) is 0 Å². The maximum Gasteiger partial charge on any atom is 0.0177 e. The van der Waals surface area contributed by atoms with Crippen molar-refractivity contribution in [3.8, 4) is 0 Å². The molecule has 20 heavy (non-hydrogen) atoms. The van der Waals surface area contributed by atoms with Crippen molar-refractivity contribution in [1.82, 2.24) is 10.2 Å². The van der Waals surface area contributed by atoms with Crippen LogP contribution in [-0.2, 0) is 5.41 Å². The standard InChI is InChI=1S/C18H28N2/c1-5-13-20(14-6-2)16-18(4,15-19-7-3)17-11-9-8-10-12-17/h5-6,8-12,19H,1-2,7,13-16H2,3-4H3. The maximum atomic E-state index is 3.86. The van der Waals surface area contributed by atoms with Gasteiger partial charge in [0.05, 0.1) is 0 Å². The summed E-state index contributed by atoms with van der Waals surface area (Å²) in [4.78, 5) is 2.38. The van der Waals surface area contributed by atoms with Crippen LogP contribution in [0.15, 0.2) is 55.6 Å². The minimum absolute atomic E-state index is 0.0866. The van der Waals surface area contributed by atoms with E-state index in [1.807, 2.05) is 12.2 Å². The molecule has 1 rings (SSSR count). The van der Waals surface area contributed by atoms with E-state index < -0.39 is 0 Å². The Hall–Kier alpha value is -1.38. The van der Waals surface area contributed by atoms with Crippen molar-refractivity contribution in [2.24, 2.45) is 0 Å². The molecule has 0 amide bonds. The molecule has 1 aromatic rings. The first-order chi connectivity index (χ1) is 9.66. The third-order valence-corrected chi connectivity index (χ3v) is 3.58. The van der Waals surface area contributed by atoms with Gasteiger partial charge in [-0.15, -0.1) is 13.2 Å². The highest BCUT2D eigenvalue weighted by Gasteiger charge is 2.28. The smallest absolute Gasteiger partial charge is 0.0177 e. The number of benzene rings is 1. The van der Waals surface area contributed by atoms with Crippen LogP contribution in [0.4, 0.5) is 0 Å². The SMILES string of the molecule is C=CCN(CC=C)CC(C)(CNCC)c1ccccc1. The molecule has 0 aliphatic carbocycles. The molecular formula is C18H28N2. The van der Waals surface area contributed by atoms with Gasteiger partial charge in [0.15, 0.2) is 0 Å².